The van der Waals surface area contributed by atoms with Crippen LogP contribution < -0.4 is 0 Å². The van der Waals surface area contributed by atoms with Gasteiger partial charge in [0.25, 0.3) is 0 Å². The lowest BCUT2D eigenvalue weighted by Crippen LogP contribution is -2.09. The van der Waals surface area contributed by atoms with Crippen molar-refractivity contribution < 1.29 is 13.9 Å². The largest absolute Gasteiger partial charge is 0.455 e. The maximum Gasteiger partial charge on any atom is 0.342 e. The summed E-state index contributed by atoms with van der Waals surface area (Å²) in [6.07, 6.45) is 1.51. The highest BCUT2D eigenvalue weighted by atomic mass is 16.5. The van der Waals surface area contributed by atoms with Gasteiger partial charge in [0.2, 0.25) is 5.89 Å². The van der Waals surface area contributed by atoms with Gasteiger partial charge in [-0.3, -0.25) is 4.68 Å². The molecule has 2 heterocycles. The molecule has 6 nitrogen and oxygen atoms in total. The summed E-state index contributed by atoms with van der Waals surface area (Å²) in [4.78, 5) is 17.1. The highest BCUT2D eigenvalue weighted by molar-refractivity contribution is 5.91. The monoisotopic (exact) mass is 387 g/mol. The van der Waals surface area contributed by atoms with Crippen LogP contribution in [0, 0.1) is 13.8 Å². The second-order valence-corrected chi connectivity index (χ2v) is 6.78. The van der Waals surface area contributed by atoms with Crippen molar-refractivity contribution in [2.75, 3.05) is 0 Å². The minimum absolute atomic E-state index is 0.0396. The molecule has 0 unspecified atom stereocenters. The molecule has 0 aliphatic heterocycles. The molecule has 0 amide bonds. The van der Waals surface area contributed by atoms with Gasteiger partial charge in [0.1, 0.15) is 24.1 Å². The Morgan fingerprint density at radius 2 is 1.72 bits per heavy atom. The summed E-state index contributed by atoms with van der Waals surface area (Å²) in [5.41, 5.74) is 4.47. The standard InChI is InChI=1S/C23H21N3O3/c1-16-21(17(2)26(25-16)13-18-9-5-3-6-10-18)23(27)29-15-20-14-28-22(24-20)19-11-7-4-8-12-19/h3-12,14H,13,15H2,1-2H3. The molecule has 0 radical (unpaired) electrons. The number of ether oxygens (including phenoxy) is 1. The van der Waals surface area contributed by atoms with E-state index in [1.54, 1.807) is 0 Å². The smallest absolute Gasteiger partial charge is 0.342 e. The van der Waals surface area contributed by atoms with Crippen LogP contribution in [0.1, 0.15) is 33.0 Å². The predicted octanol–water partition coefficient (Wildman–Crippen LogP) is 4.56. The highest BCUT2D eigenvalue weighted by Crippen LogP contribution is 2.20. The Kier molecular flexibility index (Phi) is 5.24. The molecule has 4 aromatic rings. The second kappa shape index (κ2) is 8.14. The molecule has 2 aromatic heterocycles. The van der Waals surface area contributed by atoms with Crippen LogP contribution in [0.4, 0.5) is 0 Å². The summed E-state index contributed by atoms with van der Waals surface area (Å²) in [5.74, 6) is 0.0864. The fourth-order valence-corrected chi connectivity index (χ4v) is 3.20. The van der Waals surface area contributed by atoms with E-state index in [9.17, 15) is 4.79 Å². The number of esters is 1. The molecule has 0 fully saturated rings. The first-order valence-corrected chi connectivity index (χ1v) is 9.36. The van der Waals surface area contributed by atoms with Crippen molar-refractivity contribution in [3.63, 3.8) is 0 Å². The third kappa shape index (κ3) is 4.11. The molecular formula is C23H21N3O3. The summed E-state index contributed by atoms with van der Waals surface area (Å²) in [7, 11) is 0. The highest BCUT2D eigenvalue weighted by Gasteiger charge is 2.20. The van der Waals surface area contributed by atoms with E-state index in [0.717, 1.165) is 16.8 Å². The Morgan fingerprint density at radius 3 is 2.45 bits per heavy atom. The maximum absolute atomic E-state index is 12.7. The lowest BCUT2D eigenvalue weighted by Gasteiger charge is -2.06. The van der Waals surface area contributed by atoms with Crippen LogP contribution in [0.5, 0.6) is 0 Å². The van der Waals surface area contributed by atoms with Gasteiger partial charge < -0.3 is 9.15 Å². The number of hydrogen-bond acceptors (Lipinski definition) is 5. The summed E-state index contributed by atoms with van der Waals surface area (Å²) in [5, 5.41) is 4.51. The quantitative estimate of drug-likeness (QED) is 0.454. The number of oxazole rings is 1. The lowest BCUT2D eigenvalue weighted by molar-refractivity contribution is 0.0466. The van der Waals surface area contributed by atoms with Crippen LogP contribution in [-0.2, 0) is 17.9 Å². The van der Waals surface area contributed by atoms with Gasteiger partial charge in [-0.2, -0.15) is 5.10 Å². The summed E-state index contributed by atoms with van der Waals surface area (Å²) in [6, 6.07) is 19.6. The average Bonchev–Trinajstić information content (AvgIpc) is 3.32. The van der Waals surface area contributed by atoms with Gasteiger partial charge in [0.05, 0.1) is 17.9 Å². The van der Waals surface area contributed by atoms with E-state index in [1.165, 1.54) is 6.26 Å². The first-order valence-electron chi connectivity index (χ1n) is 9.36. The Balaban J connectivity index is 1.45. The molecule has 146 valence electrons. The average molecular weight is 387 g/mol. The van der Waals surface area contributed by atoms with Crippen molar-refractivity contribution in [1.29, 1.82) is 0 Å². The topological polar surface area (TPSA) is 70.2 Å². The molecule has 2 aromatic carbocycles. The molecule has 29 heavy (non-hydrogen) atoms. The van der Waals surface area contributed by atoms with Crippen LogP contribution >= 0.6 is 0 Å². The first-order chi connectivity index (χ1) is 14.1. The molecule has 0 aliphatic rings. The van der Waals surface area contributed by atoms with Crippen molar-refractivity contribution in [2.45, 2.75) is 27.0 Å². The number of hydrogen-bond donors (Lipinski definition) is 0. The molecule has 0 atom stereocenters. The Labute approximate surface area is 168 Å². The molecule has 4 rings (SSSR count). The van der Waals surface area contributed by atoms with Gasteiger partial charge in [-0.15, -0.1) is 0 Å². The maximum atomic E-state index is 12.7. The zero-order chi connectivity index (χ0) is 20.2. The van der Waals surface area contributed by atoms with Crippen LogP contribution in [0.25, 0.3) is 11.5 Å². The SMILES string of the molecule is Cc1nn(Cc2ccccc2)c(C)c1C(=O)OCc1coc(-c2ccccc2)n1. The fourth-order valence-electron chi connectivity index (χ4n) is 3.20. The van der Waals surface area contributed by atoms with Crippen LogP contribution in [0.3, 0.4) is 0 Å². The van der Waals surface area contributed by atoms with Crippen LogP contribution in [0.2, 0.25) is 0 Å². The fraction of sp³-hybridized carbons (Fsp3) is 0.174. The van der Waals surface area contributed by atoms with Crippen molar-refractivity contribution >= 4 is 5.97 Å². The normalized spacial score (nSPS) is 10.8. The molecule has 0 saturated heterocycles. The van der Waals surface area contributed by atoms with Crippen molar-refractivity contribution in [3.05, 3.63) is 95.1 Å². The van der Waals surface area contributed by atoms with E-state index in [-0.39, 0.29) is 6.61 Å². The summed E-state index contributed by atoms with van der Waals surface area (Å²) in [6.45, 7) is 4.33. The molecule has 6 heteroatoms. The predicted molar refractivity (Wildman–Crippen MR) is 108 cm³/mol. The number of aryl methyl sites for hydroxylation is 1. The Bertz CT molecular complexity index is 1110. The number of carbonyl (C=O) groups is 1. The van der Waals surface area contributed by atoms with Gasteiger partial charge in [0, 0.05) is 5.56 Å². The minimum atomic E-state index is -0.413. The van der Waals surface area contributed by atoms with Crippen molar-refractivity contribution in [2.24, 2.45) is 0 Å². The van der Waals surface area contributed by atoms with E-state index >= 15 is 0 Å². The summed E-state index contributed by atoms with van der Waals surface area (Å²) < 4.78 is 12.8. The molecule has 0 N–H and O–H groups in total. The zero-order valence-corrected chi connectivity index (χ0v) is 16.3. The minimum Gasteiger partial charge on any atom is -0.455 e. The van der Waals surface area contributed by atoms with Gasteiger partial charge in [-0.25, -0.2) is 9.78 Å². The van der Waals surface area contributed by atoms with Gasteiger partial charge in [0.15, 0.2) is 0 Å². The first kappa shape index (κ1) is 18.7. The Hall–Kier alpha value is -3.67. The molecule has 0 spiro atoms. The number of aromatic nitrogens is 3. The third-order valence-corrected chi connectivity index (χ3v) is 4.68. The van der Waals surface area contributed by atoms with Crippen LogP contribution in [0.15, 0.2) is 71.3 Å². The number of rotatable bonds is 6. The summed E-state index contributed by atoms with van der Waals surface area (Å²) >= 11 is 0. The molecule has 0 aliphatic carbocycles. The van der Waals surface area contributed by atoms with Gasteiger partial charge >= 0.3 is 5.97 Å². The number of carbonyl (C=O) groups excluding carboxylic acids is 1. The molecular weight excluding hydrogens is 366 g/mol. The second-order valence-electron chi connectivity index (χ2n) is 6.78. The van der Waals surface area contributed by atoms with E-state index < -0.39 is 5.97 Å². The number of nitrogens with zero attached hydrogens (tertiary/aromatic N) is 3. The van der Waals surface area contributed by atoms with Gasteiger partial charge in [-0.1, -0.05) is 48.5 Å². The van der Waals surface area contributed by atoms with Crippen molar-refractivity contribution in [1.82, 2.24) is 14.8 Å². The van der Waals surface area contributed by atoms with E-state index in [2.05, 4.69) is 10.1 Å². The van der Waals surface area contributed by atoms with E-state index in [4.69, 9.17) is 9.15 Å². The molecule has 0 bridgehead atoms. The lowest BCUT2D eigenvalue weighted by atomic mass is 10.2. The Morgan fingerprint density at radius 1 is 1.03 bits per heavy atom. The van der Waals surface area contributed by atoms with Gasteiger partial charge in [-0.05, 0) is 31.5 Å². The zero-order valence-electron chi connectivity index (χ0n) is 16.3. The third-order valence-electron chi connectivity index (χ3n) is 4.68. The van der Waals surface area contributed by atoms with E-state index in [0.29, 0.717) is 29.4 Å². The molecule has 0 saturated carbocycles. The number of benzene rings is 2. The van der Waals surface area contributed by atoms with E-state index in [1.807, 2.05) is 79.2 Å². The van der Waals surface area contributed by atoms with Crippen LogP contribution in [-0.4, -0.2) is 20.7 Å². The van der Waals surface area contributed by atoms with Crippen molar-refractivity contribution in [3.8, 4) is 11.5 Å².